The van der Waals surface area contributed by atoms with E-state index < -0.39 is 32.3 Å². The van der Waals surface area contributed by atoms with Crippen LogP contribution >= 0.6 is 9.24 Å². The summed E-state index contributed by atoms with van der Waals surface area (Å²) in [7, 11) is 0.00837. The van der Waals surface area contributed by atoms with E-state index in [0.717, 1.165) is 21.5 Å². The molecule has 0 aromatic carbocycles. The summed E-state index contributed by atoms with van der Waals surface area (Å²) < 4.78 is 67.0. The van der Waals surface area contributed by atoms with Crippen molar-refractivity contribution in [3.05, 3.63) is 29.6 Å². The van der Waals surface area contributed by atoms with Crippen molar-refractivity contribution in [3.8, 4) is 0 Å². The normalized spacial score (nSPS) is 19.8. The molecule has 0 bridgehead atoms. The van der Waals surface area contributed by atoms with Crippen LogP contribution in [0.25, 0.3) is 0 Å². The van der Waals surface area contributed by atoms with Crippen molar-refractivity contribution in [2.75, 3.05) is 13.3 Å². The molecular formula is C11H15F4N2OPS. The van der Waals surface area contributed by atoms with Crippen molar-refractivity contribution in [1.82, 2.24) is 4.98 Å². The van der Waals surface area contributed by atoms with Gasteiger partial charge in [0.15, 0.2) is 0 Å². The second-order valence-corrected chi connectivity index (χ2v) is 7.96. The van der Waals surface area contributed by atoms with Crippen LogP contribution in [0.2, 0.25) is 0 Å². The summed E-state index contributed by atoms with van der Waals surface area (Å²) in [4.78, 5) is 3.50. The van der Waals surface area contributed by atoms with Gasteiger partial charge in [-0.15, -0.1) is 0 Å². The van der Waals surface area contributed by atoms with Crippen molar-refractivity contribution in [3.63, 3.8) is 0 Å². The first-order chi connectivity index (χ1) is 8.93. The molecule has 0 saturated carbocycles. The minimum Gasteiger partial charge on any atom is -0.257 e. The molecule has 3 nitrogen and oxygen atoms in total. The summed E-state index contributed by atoms with van der Waals surface area (Å²) in [6.07, 6.45) is -2.54. The van der Waals surface area contributed by atoms with Gasteiger partial charge in [-0.1, -0.05) is 15.3 Å². The minimum atomic E-state index is -5.07. The third-order valence-electron chi connectivity index (χ3n) is 3.06. The maximum Gasteiger partial charge on any atom is 0.431 e. The van der Waals surface area contributed by atoms with E-state index in [1.807, 2.05) is 0 Å². The summed E-state index contributed by atoms with van der Waals surface area (Å²) in [5, 5.41) is -4.11. The Morgan fingerprint density at radius 2 is 1.90 bits per heavy atom. The molecule has 0 aliphatic carbocycles. The van der Waals surface area contributed by atoms with Gasteiger partial charge in [-0.25, -0.2) is 13.0 Å². The Morgan fingerprint density at radius 3 is 2.25 bits per heavy atom. The number of pyridine rings is 1. The highest BCUT2D eigenvalue weighted by molar-refractivity contribution is 7.93. The maximum atomic E-state index is 13.7. The zero-order chi connectivity index (χ0) is 15.8. The molecule has 0 saturated heterocycles. The van der Waals surface area contributed by atoms with E-state index in [0.29, 0.717) is 5.56 Å². The van der Waals surface area contributed by atoms with E-state index in [2.05, 4.69) is 9.35 Å². The highest BCUT2D eigenvalue weighted by Gasteiger charge is 2.54. The number of rotatable bonds is 3. The topological polar surface area (TPSA) is 42.3 Å². The van der Waals surface area contributed by atoms with Gasteiger partial charge in [0.25, 0.3) is 5.41 Å². The summed E-state index contributed by atoms with van der Waals surface area (Å²) in [6.45, 7) is 1.62. The first-order valence-electron chi connectivity index (χ1n) is 5.53. The molecule has 0 aliphatic rings. The Morgan fingerprint density at radius 1 is 1.35 bits per heavy atom. The number of hydrogen-bond donors (Lipinski definition) is 0. The van der Waals surface area contributed by atoms with E-state index in [4.69, 9.17) is 0 Å². The molecule has 4 atom stereocenters. The van der Waals surface area contributed by atoms with Gasteiger partial charge in [0.05, 0.1) is 20.7 Å². The van der Waals surface area contributed by atoms with Crippen molar-refractivity contribution in [2.45, 2.75) is 23.8 Å². The Balaban J connectivity index is 3.17. The van der Waals surface area contributed by atoms with Gasteiger partial charge in [0.1, 0.15) is 0 Å². The first kappa shape index (κ1) is 17.3. The molecule has 1 aromatic heterocycles. The van der Waals surface area contributed by atoms with Gasteiger partial charge in [0, 0.05) is 19.5 Å². The van der Waals surface area contributed by atoms with Crippen LogP contribution in [0.15, 0.2) is 22.7 Å². The lowest BCUT2D eigenvalue weighted by Gasteiger charge is -2.23. The first-order valence-corrected chi connectivity index (χ1v) is 8.10. The Kier molecular flexibility index (Phi) is 4.81. The van der Waals surface area contributed by atoms with Gasteiger partial charge >= 0.3 is 6.18 Å². The monoisotopic (exact) mass is 330 g/mol. The van der Waals surface area contributed by atoms with Crippen molar-refractivity contribution in [1.29, 1.82) is 0 Å². The minimum absolute atomic E-state index is 0.440. The molecule has 0 aliphatic heterocycles. The van der Waals surface area contributed by atoms with Crippen molar-refractivity contribution in [2.24, 2.45) is 4.36 Å². The SMILES string of the molecule is CN=S(C)(=O)C(C)c1ccc(C(F)(P)C(F)(F)F)nc1. The Hall–Kier alpha value is -0.750. The van der Waals surface area contributed by atoms with Crippen LogP contribution in [0.5, 0.6) is 0 Å². The van der Waals surface area contributed by atoms with Crippen molar-refractivity contribution >= 4 is 19.0 Å². The lowest BCUT2D eigenvalue weighted by Crippen LogP contribution is -2.32. The highest BCUT2D eigenvalue weighted by atomic mass is 32.2. The summed E-state index contributed by atoms with van der Waals surface area (Å²) in [5.74, 6) is 0. The third kappa shape index (κ3) is 3.28. The maximum absolute atomic E-state index is 13.7. The largest absolute Gasteiger partial charge is 0.431 e. The molecule has 114 valence electrons. The molecule has 20 heavy (non-hydrogen) atoms. The van der Waals surface area contributed by atoms with Gasteiger partial charge in [0.2, 0.25) is 0 Å². The fraction of sp³-hybridized carbons (Fsp3) is 0.545. The molecule has 0 radical (unpaired) electrons. The zero-order valence-corrected chi connectivity index (χ0v) is 13.1. The van der Waals surface area contributed by atoms with Crippen LogP contribution < -0.4 is 0 Å². The van der Waals surface area contributed by atoms with Crippen LogP contribution in [-0.4, -0.2) is 28.7 Å². The molecule has 4 unspecified atom stereocenters. The average Bonchev–Trinajstić information content (AvgIpc) is 2.36. The quantitative estimate of drug-likeness (QED) is 0.629. The third-order valence-corrected chi connectivity index (χ3v) is 5.99. The van der Waals surface area contributed by atoms with Crippen LogP contribution in [0.4, 0.5) is 17.6 Å². The fourth-order valence-corrected chi connectivity index (χ4v) is 2.55. The summed E-state index contributed by atoms with van der Waals surface area (Å²) in [5.41, 5.74) is -0.322. The Labute approximate surface area is 117 Å². The van der Waals surface area contributed by atoms with E-state index in [1.165, 1.54) is 19.4 Å². The van der Waals surface area contributed by atoms with E-state index >= 15 is 0 Å². The molecule has 1 heterocycles. The second kappa shape index (κ2) is 5.56. The van der Waals surface area contributed by atoms with Crippen LogP contribution in [0.1, 0.15) is 23.4 Å². The smallest absolute Gasteiger partial charge is 0.257 e. The molecule has 0 spiro atoms. The molecular weight excluding hydrogens is 315 g/mol. The molecule has 1 aromatic rings. The van der Waals surface area contributed by atoms with Gasteiger partial charge in [-0.2, -0.15) is 13.2 Å². The van der Waals surface area contributed by atoms with Crippen LogP contribution in [0.3, 0.4) is 0 Å². The summed E-state index contributed by atoms with van der Waals surface area (Å²) in [6, 6.07) is 2.23. The van der Waals surface area contributed by atoms with Crippen LogP contribution in [0, 0.1) is 0 Å². The lowest BCUT2D eigenvalue weighted by atomic mass is 10.1. The zero-order valence-electron chi connectivity index (χ0n) is 11.1. The molecule has 0 amide bonds. The number of halogens is 4. The lowest BCUT2D eigenvalue weighted by molar-refractivity contribution is -0.200. The number of nitrogens with zero attached hydrogens (tertiary/aromatic N) is 2. The molecule has 1 rings (SSSR count). The molecule has 0 fully saturated rings. The predicted octanol–water partition coefficient (Wildman–Crippen LogP) is 3.43. The van der Waals surface area contributed by atoms with Crippen LogP contribution in [-0.2, 0) is 15.1 Å². The highest BCUT2D eigenvalue weighted by Crippen LogP contribution is 2.47. The van der Waals surface area contributed by atoms with E-state index in [1.54, 1.807) is 6.92 Å². The van der Waals surface area contributed by atoms with E-state index in [9.17, 15) is 21.8 Å². The van der Waals surface area contributed by atoms with Gasteiger partial charge in [-0.3, -0.25) is 4.98 Å². The average molecular weight is 330 g/mol. The summed E-state index contributed by atoms with van der Waals surface area (Å²) >= 11 is 0. The second-order valence-electron chi connectivity index (χ2n) is 4.37. The standard InChI is InChI=1S/C11H15F4N2OPS/c1-7(20(3,18)16-2)8-4-5-9(17-6-8)10(12,19)11(13,14)15/h4-7H,19H2,1-3H3. The number of alkyl halides is 4. The van der Waals surface area contributed by atoms with E-state index in [-0.39, 0.29) is 0 Å². The predicted molar refractivity (Wildman–Crippen MR) is 73.6 cm³/mol. The molecule has 0 N–H and O–H groups in total. The Bertz CT molecular complexity index is 591. The number of aromatic nitrogens is 1. The van der Waals surface area contributed by atoms with Gasteiger partial charge in [-0.05, 0) is 18.6 Å². The number of hydrogen-bond acceptors (Lipinski definition) is 3. The van der Waals surface area contributed by atoms with Gasteiger partial charge < -0.3 is 0 Å². The van der Waals surface area contributed by atoms with Crippen molar-refractivity contribution < 1.29 is 21.8 Å². The fourth-order valence-electron chi connectivity index (χ4n) is 1.42. The molecule has 9 heteroatoms.